The Morgan fingerprint density at radius 2 is 1.84 bits per heavy atom. The number of nitrogens with zero attached hydrogens (tertiary/aromatic N) is 1. The van der Waals surface area contributed by atoms with Crippen LogP contribution in [-0.2, 0) is 14.4 Å². The van der Waals surface area contributed by atoms with Gasteiger partial charge in [0.25, 0.3) is 0 Å². The van der Waals surface area contributed by atoms with E-state index in [1.54, 1.807) is 6.92 Å². The van der Waals surface area contributed by atoms with Crippen LogP contribution in [0, 0.1) is 17.8 Å². The molecular weight excluding hydrogens is 248 g/mol. The molecule has 6 heteroatoms. The van der Waals surface area contributed by atoms with Crippen LogP contribution in [0.1, 0.15) is 26.2 Å². The first-order valence-electron chi connectivity index (χ1n) is 6.75. The number of hydrogen-bond acceptors (Lipinski definition) is 3. The number of nitrogens with one attached hydrogen (secondary N) is 1. The van der Waals surface area contributed by atoms with Gasteiger partial charge in [-0.15, -0.1) is 0 Å². The molecular formula is C13H20N2O4. The van der Waals surface area contributed by atoms with Crippen LogP contribution in [0.4, 0.5) is 0 Å². The van der Waals surface area contributed by atoms with E-state index in [1.807, 2.05) is 4.90 Å². The molecule has 0 radical (unpaired) electrons. The topological polar surface area (TPSA) is 86.7 Å². The van der Waals surface area contributed by atoms with Crippen LogP contribution in [0.3, 0.4) is 0 Å². The third-order valence-corrected chi connectivity index (χ3v) is 4.07. The van der Waals surface area contributed by atoms with Crippen LogP contribution in [0.25, 0.3) is 0 Å². The summed E-state index contributed by atoms with van der Waals surface area (Å²) in [4.78, 5) is 35.4. The first kappa shape index (κ1) is 13.8. The molecule has 0 aromatic rings. The third-order valence-electron chi connectivity index (χ3n) is 4.07. The predicted molar refractivity (Wildman–Crippen MR) is 67.2 cm³/mol. The van der Waals surface area contributed by atoms with E-state index in [0.717, 1.165) is 25.9 Å². The Balaban J connectivity index is 1.66. The van der Waals surface area contributed by atoms with E-state index in [4.69, 9.17) is 5.11 Å². The van der Waals surface area contributed by atoms with Crippen molar-refractivity contribution < 1.29 is 19.5 Å². The van der Waals surface area contributed by atoms with Crippen molar-refractivity contribution in [1.29, 1.82) is 0 Å². The molecule has 2 amide bonds. The van der Waals surface area contributed by atoms with Gasteiger partial charge in [0.2, 0.25) is 11.8 Å². The van der Waals surface area contributed by atoms with E-state index >= 15 is 0 Å². The molecule has 2 fully saturated rings. The number of carboxylic acids is 1. The summed E-state index contributed by atoms with van der Waals surface area (Å²) in [6.07, 6.45) is 2.25. The van der Waals surface area contributed by atoms with Crippen molar-refractivity contribution in [2.45, 2.75) is 26.2 Å². The number of carbonyl (C=O) groups is 3. The first-order chi connectivity index (χ1) is 8.99. The van der Waals surface area contributed by atoms with Gasteiger partial charge in [-0.1, -0.05) is 0 Å². The quantitative estimate of drug-likeness (QED) is 0.756. The summed E-state index contributed by atoms with van der Waals surface area (Å²) in [5.41, 5.74) is 0. The van der Waals surface area contributed by atoms with Crippen LogP contribution in [0.5, 0.6) is 0 Å². The number of piperidine rings is 1. The van der Waals surface area contributed by atoms with E-state index in [0.29, 0.717) is 18.9 Å². The van der Waals surface area contributed by atoms with Gasteiger partial charge in [-0.25, -0.2) is 0 Å². The zero-order chi connectivity index (χ0) is 14.0. The summed E-state index contributed by atoms with van der Waals surface area (Å²) in [7, 11) is 0. The molecule has 2 atom stereocenters. The summed E-state index contributed by atoms with van der Waals surface area (Å²) < 4.78 is 0. The molecule has 2 rings (SSSR count). The van der Waals surface area contributed by atoms with E-state index in [-0.39, 0.29) is 17.7 Å². The normalized spacial score (nSPS) is 26.9. The molecule has 1 heterocycles. The fraction of sp³-hybridized carbons (Fsp3) is 0.769. The molecule has 2 aliphatic rings. The lowest BCUT2D eigenvalue weighted by Crippen LogP contribution is -2.41. The van der Waals surface area contributed by atoms with Crippen molar-refractivity contribution in [3.8, 4) is 0 Å². The second-order valence-electron chi connectivity index (χ2n) is 5.48. The summed E-state index contributed by atoms with van der Waals surface area (Å²) in [5, 5.41) is 11.6. The van der Waals surface area contributed by atoms with Crippen molar-refractivity contribution in [2.24, 2.45) is 17.8 Å². The van der Waals surface area contributed by atoms with E-state index in [2.05, 4.69) is 5.32 Å². The van der Waals surface area contributed by atoms with Crippen molar-refractivity contribution in [3.05, 3.63) is 0 Å². The molecule has 19 heavy (non-hydrogen) atoms. The fourth-order valence-electron chi connectivity index (χ4n) is 2.59. The molecule has 2 N–H and O–H groups in total. The number of hydrogen-bond donors (Lipinski definition) is 2. The number of amides is 2. The number of rotatable bonds is 4. The second-order valence-corrected chi connectivity index (χ2v) is 5.48. The Morgan fingerprint density at radius 1 is 1.21 bits per heavy atom. The third kappa shape index (κ3) is 3.45. The molecule has 0 spiro atoms. The van der Waals surface area contributed by atoms with Gasteiger partial charge in [-0.05, 0) is 25.2 Å². The van der Waals surface area contributed by atoms with E-state index < -0.39 is 11.9 Å². The Labute approximate surface area is 112 Å². The Bertz CT molecular complexity index is 388. The number of carboxylic acid groups (broad SMARTS) is 1. The molecule has 106 valence electrons. The molecule has 0 aromatic heterocycles. The lowest BCUT2D eigenvalue weighted by molar-refractivity contribution is -0.140. The summed E-state index contributed by atoms with van der Waals surface area (Å²) in [6, 6.07) is 0. The molecule has 1 saturated heterocycles. The van der Waals surface area contributed by atoms with Gasteiger partial charge in [0.05, 0.1) is 11.8 Å². The largest absolute Gasteiger partial charge is 0.481 e. The molecule has 0 aromatic carbocycles. The minimum absolute atomic E-state index is 0.102. The number of aliphatic carboxylic acids is 1. The van der Waals surface area contributed by atoms with Gasteiger partial charge in [0, 0.05) is 26.6 Å². The lowest BCUT2D eigenvalue weighted by atomic mass is 9.96. The zero-order valence-electron chi connectivity index (χ0n) is 11.1. The van der Waals surface area contributed by atoms with Crippen LogP contribution in [0.2, 0.25) is 0 Å². The monoisotopic (exact) mass is 268 g/mol. The molecule has 6 nitrogen and oxygen atoms in total. The predicted octanol–water partition coefficient (Wildman–Crippen LogP) is 0.0818. The van der Waals surface area contributed by atoms with Crippen LogP contribution >= 0.6 is 0 Å². The maximum absolute atomic E-state index is 11.7. The van der Waals surface area contributed by atoms with E-state index in [9.17, 15) is 14.4 Å². The van der Waals surface area contributed by atoms with Gasteiger partial charge < -0.3 is 15.3 Å². The second kappa shape index (κ2) is 5.59. The van der Waals surface area contributed by atoms with Crippen molar-refractivity contribution in [1.82, 2.24) is 10.2 Å². The van der Waals surface area contributed by atoms with Crippen molar-refractivity contribution >= 4 is 17.8 Å². The van der Waals surface area contributed by atoms with Crippen molar-refractivity contribution in [3.63, 3.8) is 0 Å². The van der Waals surface area contributed by atoms with Crippen LogP contribution < -0.4 is 5.32 Å². The fourth-order valence-corrected chi connectivity index (χ4v) is 2.59. The maximum Gasteiger partial charge on any atom is 0.307 e. The minimum atomic E-state index is -0.880. The standard InChI is InChI=1S/C13H20N2O4/c1-8(16)15-4-2-9(3-5-15)7-14-12(17)10-6-11(10)13(18)19/h9-11H,2-7H2,1H3,(H,14,17)(H,18,19). The van der Waals surface area contributed by atoms with Gasteiger partial charge in [0.1, 0.15) is 0 Å². The minimum Gasteiger partial charge on any atom is -0.481 e. The average molecular weight is 268 g/mol. The number of carbonyl (C=O) groups excluding carboxylic acids is 2. The summed E-state index contributed by atoms with van der Waals surface area (Å²) in [6.45, 7) is 3.66. The van der Waals surface area contributed by atoms with Crippen LogP contribution in [0.15, 0.2) is 0 Å². The van der Waals surface area contributed by atoms with Crippen LogP contribution in [-0.4, -0.2) is 47.4 Å². The van der Waals surface area contributed by atoms with Gasteiger partial charge in [0.15, 0.2) is 0 Å². The molecule has 1 aliphatic carbocycles. The van der Waals surface area contributed by atoms with Gasteiger partial charge in [-0.2, -0.15) is 0 Å². The molecule has 1 saturated carbocycles. The summed E-state index contributed by atoms with van der Waals surface area (Å²) in [5.74, 6) is -1.35. The highest BCUT2D eigenvalue weighted by Gasteiger charge is 2.48. The summed E-state index contributed by atoms with van der Waals surface area (Å²) >= 11 is 0. The van der Waals surface area contributed by atoms with Crippen molar-refractivity contribution in [2.75, 3.05) is 19.6 Å². The first-order valence-corrected chi connectivity index (χ1v) is 6.75. The maximum atomic E-state index is 11.7. The lowest BCUT2D eigenvalue weighted by Gasteiger charge is -2.31. The smallest absolute Gasteiger partial charge is 0.307 e. The highest BCUT2D eigenvalue weighted by atomic mass is 16.4. The molecule has 2 unspecified atom stereocenters. The number of likely N-dealkylation sites (tertiary alicyclic amines) is 1. The highest BCUT2D eigenvalue weighted by Crippen LogP contribution is 2.38. The van der Waals surface area contributed by atoms with E-state index in [1.165, 1.54) is 0 Å². The SMILES string of the molecule is CC(=O)N1CCC(CNC(=O)C2CC2C(=O)O)CC1. The van der Waals surface area contributed by atoms with Gasteiger partial charge >= 0.3 is 5.97 Å². The highest BCUT2D eigenvalue weighted by molar-refractivity contribution is 5.89. The average Bonchev–Trinajstić information content (AvgIpc) is 3.16. The zero-order valence-corrected chi connectivity index (χ0v) is 11.1. The Morgan fingerprint density at radius 3 is 2.32 bits per heavy atom. The van der Waals surface area contributed by atoms with Gasteiger partial charge in [-0.3, -0.25) is 14.4 Å². The Hall–Kier alpha value is -1.59. The molecule has 0 bridgehead atoms. The Kier molecular flexibility index (Phi) is 4.07. The molecule has 1 aliphatic heterocycles.